The van der Waals surface area contributed by atoms with Crippen molar-refractivity contribution in [3.63, 3.8) is 0 Å². The van der Waals surface area contributed by atoms with Crippen LogP contribution >= 0.6 is 0 Å². The molecule has 4 heteroatoms. The Hall–Kier alpha value is -1.42. The Morgan fingerprint density at radius 1 is 1.26 bits per heavy atom. The lowest BCUT2D eigenvalue weighted by atomic mass is 10.00. The summed E-state index contributed by atoms with van der Waals surface area (Å²) in [5.74, 6) is 0.985. The molecule has 3 heterocycles. The molecule has 1 fully saturated rings. The van der Waals surface area contributed by atoms with Crippen molar-refractivity contribution in [1.29, 1.82) is 0 Å². The summed E-state index contributed by atoms with van der Waals surface area (Å²) in [4.78, 5) is 7.25. The minimum absolute atomic E-state index is 0.383. The summed E-state index contributed by atoms with van der Waals surface area (Å²) in [5, 5.41) is 4.69. The van der Waals surface area contributed by atoms with E-state index in [0.717, 1.165) is 18.0 Å². The SMILES string of the molecule is Cc1ccc2nc(C3CCCCN3C(C)C)nn2c1. The van der Waals surface area contributed by atoms with Crippen LogP contribution in [0.5, 0.6) is 0 Å². The molecule has 0 aliphatic carbocycles. The van der Waals surface area contributed by atoms with Crippen molar-refractivity contribution in [3.05, 3.63) is 29.7 Å². The van der Waals surface area contributed by atoms with Gasteiger partial charge in [-0.3, -0.25) is 4.90 Å². The van der Waals surface area contributed by atoms with E-state index >= 15 is 0 Å². The third-order valence-electron chi connectivity index (χ3n) is 4.00. The van der Waals surface area contributed by atoms with Crippen LogP contribution in [0.3, 0.4) is 0 Å². The van der Waals surface area contributed by atoms with Gasteiger partial charge in [0.05, 0.1) is 6.04 Å². The van der Waals surface area contributed by atoms with Crippen LogP contribution in [0.1, 0.15) is 50.5 Å². The summed E-state index contributed by atoms with van der Waals surface area (Å²) >= 11 is 0. The first-order chi connectivity index (χ1) is 9.15. The van der Waals surface area contributed by atoms with Gasteiger partial charge >= 0.3 is 0 Å². The first-order valence-electron chi connectivity index (χ1n) is 7.24. The van der Waals surface area contributed by atoms with Crippen LogP contribution in [-0.2, 0) is 0 Å². The number of rotatable bonds is 2. The Morgan fingerprint density at radius 2 is 2.11 bits per heavy atom. The van der Waals surface area contributed by atoms with Crippen molar-refractivity contribution in [2.75, 3.05) is 6.54 Å². The van der Waals surface area contributed by atoms with Crippen molar-refractivity contribution in [2.24, 2.45) is 0 Å². The smallest absolute Gasteiger partial charge is 0.168 e. The lowest BCUT2D eigenvalue weighted by molar-refractivity contribution is 0.106. The third-order valence-corrected chi connectivity index (χ3v) is 4.00. The number of aryl methyl sites for hydroxylation is 1. The molecule has 0 radical (unpaired) electrons. The minimum atomic E-state index is 0.383. The predicted octanol–water partition coefficient (Wildman–Crippen LogP) is 2.97. The van der Waals surface area contributed by atoms with Gasteiger partial charge in [0, 0.05) is 12.2 Å². The number of fused-ring (bicyclic) bond motifs is 1. The van der Waals surface area contributed by atoms with Gasteiger partial charge in [-0.25, -0.2) is 9.50 Å². The maximum atomic E-state index is 4.72. The highest BCUT2D eigenvalue weighted by Gasteiger charge is 2.28. The highest BCUT2D eigenvalue weighted by Crippen LogP contribution is 2.30. The zero-order valence-electron chi connectivity index (χ0n) is 12.0. The van der Waals surface area contributed by atoms with E-state index in [-0.39, 0.29) is 0 Å². The number of likely N-dealkylation sites (tertiary alicyclic amines) is 1. The highest BCUT2D eigenvalue weighted by molar-refractivity contribution is 5.38. The molecule has 0 bridgehead atoms. The maximum Gasteiger partial charge on any atom is 0.168 e. The number of hydrogen-bond acceptors (Lipinski definition) is 3. The molecule has 102 valence electrons. The normalized spacial score (nSPS) is 21.4. The van der Waals surface area contributed by atoms with Crippen LogP contribution < -0.4 is 0 Å². The van der Waals surface area contributed by atoms with Crippen molar-refractivity contribution in [3.8, 4) is 0 Å². The first-order valence-corrected chi connectivity index (χ1v) is 7.24. The molecule has 2 aromatic rings. The van der Waals surface area contributed by atoms with E-state index in [4.69, 9.17) is 10.1 Å². The topological polar surface area (TPSA) is 33.4 Å². The Balaban J connectivity index is 1.97. The fourth-order valence-electron chi connectivity index (χ4n) is 2.99. The summed E-state index contributed by atoms with van der Waals surface area (Å²) in [6.45, 7) is 7.77. The van der Waals surface area contributed by atoms with Crippen LogP contribution in [0.25, 0.3) is 5.65 Å². The lowest BCUT2D eigenvalue weighted by Gasteiger charge is -2.36. The Kier molecular flexibility index (Phi) is 3.27. The fourth-order valence-corrected chi connectivity index (χ4v) is 2.99. The van der Waals surface area contributed by atoms with Crippen LogP contribution in [0.2, 0.25) is 0 Å². The Bertz CT molecular complexity index is 573. The number of piperidine rings is 1. The van der Waals surface area contributed by atoms with E-state index in [0.29, 0.717) is 12.1 Å². The molecular formula is C15H22N4. The van der Waals surface area contributed by atoms with Crippen molar-refractivity contribution in [2.45, 2.75) is 52.1 Å². The minimum Gasteiger partial charge on any atom is -0.291 e. The Labute approximate surface area is 114 Å². The van der Waals surface area contributed by atoms with Gasteiger partial charge in [0.25, 0.3) is 0 Å². The van der Waals surface area contributed by atoms with Gasteiger partial charge in [0.15, 0.2) is 11.5 Å². The van der Waals surface area contributed by atoms with E-state index in [1.54, 1.807) is 0 Å². The molecule has 1 aliphatic rings. The molecule has 0 amide bonds. The van der Waals surface area contributed by atoms with Crippen LogP contribution in [0.4, 0.5) is 0 Å². The van der Waals surface area contributed by atoms with Gasteiger partial charge in [0.2, 0.25) is 0 Å². The number of hydrogen-bond donors (Lipinski definition) is 0. The van der Waals surface area contributed by atoms with Crippen LogP contribution in [0, 0.1) is 6.92 Å². The summed E-state index contributed by atoms with van der Waals surface area (Å²) in [6, 6.07) is 5.08. The molecule has 0 spiro atoms. The number of nitrogens with zero attached hydrogens (tertiary/aromatic N) is 4. The molecule has 1 saturated heterocycles. The Morgan fingerprint density at radius 3 is 2.89 bits per heavy atom. The molecule has 0 N–H and O–H groups in total. The second-order valence-corrected chi connectivity index (χ2v) is 5.82. The highest BCUT2D eigenvalue weighted by atomic mass is 15.3. The van der Waals surface area contributed by atoms with E-state index in [9.17, 15) is 0 Å². The molecule has 0 saturated carbocycles. The van der Waals surface area contributed by atoms with E-state index < -0.39 is 0 Å². The van der Waals surface area contributed by atoms with E-state index in [1.165, 1.54) is 24.8 Å². The molecule has 3 rings (SSSR count). The predicted molar refractivity (Wildman–Crippen MR) is 76.2 cm³/mol. The molecule has 1 atom stereocenters. The van der Waals surface area contributed by atoms with Crippen LogP contribution in [-0.4, -0.2) is 32.1 Å². The standard InChI is InChI=1S/C15H22N4/c1-11(2)18-9-5-4-6-13(18)15-16-14-8-7-12(3)10-19(14)17-15/h7-8,10-11,13H,4-6,9H2,1-3H3. The number of pyridine rings is 1. The molecule has 4 nitrogen and oxygen atoms in total. The average molecular weight is 258 g/mol. The van der Waals surface area contributed by atoms with Gasteiger partial charge in [0.1, 0.15) is 0 Å². The van der Waals surface area contributed by atoms with Crippen molar-refractivity contribution < 1.29 is 0 Å². The molecular weight excluding hydrogens is 236 g/mol. The van der Waals surface area contributed by atoms with Crippen LogP contribution in [0.15, 0.2) is 18.3 Å². The molecule has 0 aromatic carbocycles. The fraction of sp³-hybridized carbons (Fsp3) is 0.600. The van der Waals surface area contributed by atoms with Gasteiger partial charge in [-0.1, -0.05) is 12.5 Å². The van der Waals surface area contributed by atoms with E-state index in [1.807, 2.05) is 16.8 Å². The average Bonchev–Trinajstić information content (AvgIpc) is 2.81. The van der Waals surface area contributed by atoms with Gasteiger partial charge in [-0.15, -0.1) is 5.10 Å². The molecule has 1 unspecified atom stereocenters. The summed E-state index contributed by atoms with van der Waals surface area (Å²) in [5.41, 5.74) is 2.17. The van der Waals surface area contributed by atoms with E-state index in [2.05, 4.69) is 31.7 Å². The maximum absolute atomic E-state index is 4.72. The third kappa shape index (κ3) is 2.37. The molecule has 2 aromatic heterocycles. The second kappa shape index (κ2) is 4.93. The largest absolute Gasteiger partial charge is 0.291 e. The molecule has 1 aliphatic heterocycles. The number of aromatic nitrogens is 3. The second-order valence-electron chi connectivity index (χ2n) is 5.82. The van der Waals surface area contributed by atoms with Gasteiger partial charge in [-0.05, 0) is 51.8 Å². The summed E-state index contributed by atoms with van der Waals surface area (Å²) in [6.07, 6.45) is 5.80. The first kappa shape index (κ1) is 12.6. The van der Waals surface area contributed by atoms with Crippen molar-refractivity contribution in [1.82, 2.24) is 19.5 Å². The lowest BCUT2D eigenvalue weighted by Crippen LogP contribution is -2.39. The molecule has 19 heavy (non-hydrogen) atoms. The van der Waals surface area contributed by atoms with Gasteiger partial charge < -0.3 is 0 Å². The quantitative estimate of drug-likeness (QED) is 0.830. The monoisotopic (exact) mass is 258 g/mol. The van der Waals surface area contributed by atoms with Crippen molar-refractivity contribution >= 4 is 5.65 Å². The summed E-state index contributed by atoms with van der Waals surface area (Å²) in [7, 11) is 0. The zero-order chi connectivity index (χ0) is 13.4. The van der Waals surface area contributed by atoms with Gasteiger partial charge in [-0.2, -0.15) is 0 Å². The summed E-state index contributed by atoms with van der Waals surface area (Å²) < 4.78 is 1.91. The zero-order valence-corrected chi connectivity index (χ0v) is 12.0.